The Morgan fingerprint density at radius 3 is 2.62 bits per heavy atom. The zero-order valence-electron chi connectivity index (χ0n) is 11.4. The molecule has 0 atom stereocenters. The van der Waals surface area contributed by atoms with Gasteiger partial charge in [0, 0.05) is 17.8 Å². The molecule has 0 saturated carbocycles. The third kappa shape index (κ3) is 3.14. The lowest BCUT2D eigenvalue weighted by atomic mass is 10.1. The fourth-order valence-electron chi connectivity index (χ4n) is 1.84. The van der Waals surface area contributed by atoms with Gasteiger partial charge in [-0.15, -0.1) is 0 Å². The predicted octanol–water partition coefficient (Wildman–Crippen LogP) is 3.10. The highest BCUT2D eigenvalue weighted by atomic mass is 16.6. The van der Waals surface area contributed by atoms with Crippen molar-refractivity contribution >= 4 is 11.7 Å². The summed E-state index contributed by atoms with van der Waals surface area (Å²) in [5, 5.41) is 19.8. The van der Waals surface area contributed by atoms with E-state index in [-0.39, 0.29) is 22.9 Å². The molecule has 0 fully saturated rings. The lowest BCUT2D eigenvalue weighted by Crippen LogP contribution is -1.99. The van der Waals surface area contributed by atoms with Crippen LogP contribution in [0.5, 0.6) is 11.6 Å². The first-order chi connectivity index (χ1) is 9.88. The number of hydrogen-bond acceptors (Lipinski definition) is 5. The molecule has 21 heavy (non-hydrogen) atoms. The third-order valence-electron chi connectivity index (χ3n) is 2.89. The minimum atomic E-state index is -1.10. The van der Waals surface area contributed by atoms with Crippen molar-refractivity contribution in [1.82, 2.24) is 4.98 Å². The SMILES string of the molecule is Cc1cc(C)c([N+](=O)[O-])cc1Oc1cc(C(=O)O)ccn1. The number of ether oxygens (including phenoxy) is 1. The van der Waals surface area contributed by atoms with Gasteiger partial charge in [-0.05, 0) is 31.5 Å². The molecule has 0 bridgehead atoms. The Morgan fingerprint density at radius 1 is 1.29 bits per heavy atom. The number of rotatable bonds is 4. The number of nitro benzene ring substituents is 1. The van der Waals surface area contributed by atoms with E-state index in [1.165, 1.54) is 24.4 Å². The van der Waals surface area contributed by atoms with Gasteiger partial charge in [0.2, 0.25) is 5.88 Å². The van der Waals surface area contributed by atoms with Crippen molar-refractivity contribution < 1.29 is 19.6 Å². The summed E-state index contributed by atoms with van der Waals surface area (Å²) < 4.78 is 5.47. The lowest BCUT2D eigenvalue weighted by Gasteiger charge is -2.09. The van der Waals surface area contributed by atoms with E-state index >= 15 is 0 Å². The summed E-state index contributed by atoms with van der Waals surface area (Å²) in [7, 11) is 0. The second-order valence-electron chi connectivity index (χ2n) is 4.45. The molecular formula is C14H12N2O5. The second-order valence-corrected chi connectivity index (χ2v) is 4.45. The van der Waals surface area contributed by atoms with Gasteiger partial charge in [-0.3, -0.25) is 10.1 Å². The molecule has 0 saturated heterocycles. The van der Waals surface area contributed by atoms with Crippen molar-refractivity contribution in [2.45, 2.75) is 13.8 Å². The maximum atomic E-state index is 10.9. The molecule has 108 valence electrons. The Kier molecular flexibility index (Phi) is 3.84. The monoisotopic (exact) mass is 288 g/mol. The molecule has 0 aliphatic rings. The Hall–Kier alpha value is -2.96. The normalized spacial score (nSPS) is 10.2. The van der Waals surface area contributed by atoms with E-state index in [2.05, 4.69) is 4.98 Å². The second kappa shape index (κ2) is 5.58. The number of nitrogens with zero attached hydrogens (tertiary/aromatic N) is 2. The first-order valence-corrected chi connectivity index (χ1v) is 6.01. The smallest absolute Gasteiger partial charge is 0.335 e. The van der Waals surface area contributed by atoms with Crippen LogP contribution in [0.15, 0.2) is 30.5 Å². The number of benzene rings is 1. The van der Waals surface area contributed by atoms with E-state index in [9.17, 15) is 14.9 Å². The van der Waals surface area contributed by atoms with Crippen LogP contribution in [0, 0.1) is 24.0 Å². The molecular weight excluding hydrogens is 276 g/mol. The zero-order chi connectivity index (χ0) is 15.6. The van der Waals surface area contributed by atoms with Gasteiger partial charge in [0.15, 0.2) is 0 Å². The Morgan fingerprint density at radius 2 is 2.00 bits per heavy atom. The van der Waals surface area contributed by atoms with Crippen molar-refractivity contribution in [3.05, 3.63) is 57.3 Å². The maximum absolute atomic E-state index is 10.9. The zero-order valence-corrected chi connectivity index (χ0v) is 11.4. The molecule has 0 amide bonds. The van der Waals surface area contributed by atoms with Gasteiger partial charge in [-0.1, -0.05) is 0 Å². The summed E-state index contributed by atoms with van der Waals surface area (Å²) in [5.74, 6) is -0.771. The number of pyridine rings is 1. The number of carboxylic acids is 1. The predicted molar refractivity (Wildman–Crippen MR) is 73.8 cm³/mol. The fraction of sp³-hybridized carbons (Fsp3) is 0.143. The molecule has 0 spiro atoms. The minimum absolute atomic E-state index is 0.0271. The fourth-order valence-corrected chi connectivity index (χ4v) is 1.84. The number of aromatic nitrogens is 1. The van der Waals surface area contributed by atoms with Crippen molar-refractivity contribution in [3.8, 4) is 11.6 Å². The van der Waals surface area contributed by atoms with Gasteiger partial charge in [0.1, 0.15) is 5.75 Å². The van der Waals surface area contributed by atoms with E-state index < -0.39 is 10.9 Å². The summed E-state index contributed by atoms with van der Waals surface area (Å²) in [6, 6.07) is 5.53. The van der Waals surface area contributed by atoms with Crippen LogP contribution in [0.25, 0.3) is 0 Å². The maximum Gasteiger partial charge on any atom is 0.335 e. The number of aryl methyl sites for hydroxylation is 2. The summed E-state index contributed by atoms with van der Waals surface area (Å²) >= 11 is 0. The van der Waals surface area contributed by atoms with Crippen LogP contribution in [-0.2, 0) is 0 Å². The highest BCUT2D eigenvalue weighted by Gasteiger charge is 2.15. The van der Waals surface area contributed by atoms with Crippen LogP contribution < -0.4 is 4.74 Å². The quantitative estimate of drug-likeness (QED) is 0.685. The van der Waals surface area contributed by atoms with Crippen molar-refractivity contribution in [2.75, 3.05) is 0 Å². The summed E-state index contributed by atoms with van der Waals surface area (Å²) in [5.41, 5.74) is 1.18. The number of hydrogen-bond donors (Lipinski definition) is 1. The first kappa shape index (κ1) is 14.4. The van der Waals surface area contributed by atoms with Crippen LogP contribution >= 0.6 is 0 Å². The molecule has 1 aromatic heterocycles. The van der Waals surface area contributed by atoms with Gasteiger partial charge in [0.25, 0.3) is 5.69 Å². The highest BCUT2D eigenvalue weighted by molar-refractivity contribution is 5.87. The molecule has 0 aliphatic carbocycles. The van der Waals surface area contributed by atoms with E-state index in [0.29, 0.717) is 11.1 Å². The van der Waals surface area contributed by atoms with Crippen LogP contribution in [0.3, 0.4) is 0 Å². The number of carboxylic acid groups (broad SMARTS) is 1. The molecule has 1 aromatic carbocycles. The van der Waals surface area contributed by atoms with Gasteiger partial charge < -0.3 is 9.84 Å². The molecule has 0 radical (unpaired) electrons. The number of aromatic carboxylic acids is 1. The molecule has 1 heterocycles. The van der Waals surface area contributed by atoms with Gasteiger partial charge >= 0.3 is 5.97 Å². The largest absolute Gasteiger partial charge is 0.478 e. The van der Waals surface area contributed by atoms with E-state index in [0.717, 1.165) is 0 Å². The van der Waals surface area contributed by atoms with E-state index in [1.807, 2.05) is 0 Å². The Labute approximate surface area is 120 Å². The van der Waals surface area contributed by atoms with Crippen molar-refractivity contribution in [1.29, 1.82) is 0 Å². The van der Waals surface area contributed by atoms with Crippen molar-refractivity contribution in [2.24, 2.45) is 0 Å². The van der Waals surface area contributed by atoms with Gasteiger partial charge in [-0.2, -0.15) is 0 Å². The van der Waals surface area contributed by atoms with Gasteiger partial charge in [0.05, 0.1) is 16.6 Å². The average molecular weight is 288 g/mol. The summed E-state index contributed by atoms with van der Waals surface area (Å²) in [6.45, 7) is 3.38. The van der Waals surface area contributed by atoms with E-state index in [1.54, 1.807) is 19.9 Å². The minimum Gasteiger partial charge on any atom is -0.478 e. The molecule has 2 aromatic rings. The van der Waals surface area contributed by atoms with Crippen LogP contribution in [0.2, 0.25) is 0 Å². The Balaban J connectivity index is 2.39. The standard InChI is InChI=1S/C14H12N2O5/c1-8-5-9(2)12(7-11(8)16(19)20)21-13-6-10(14(17)18)3-4-15-13/h3-7H,1-2H3,(H,17,18). The molecule has 1 N–H and O–H groups in total. The topological polar surface area (TPSA) is 103 Å². The van der Waals surface area contributed by atoms with E-state index in [4.69, 9.17) is 9.84 Å². The number of carbonyl (C=O) groups is 1. The van der Waals surface area contributed by atoms with Crippen molar-refractivity contribution in [3.63, 3.8) is 0 Å². The number of nitro groups is 1. The Bertz CT molecular complexity index is 727. The average Bonchev–Trinajstić information content (AvgIpc) is 2.41. The van der Waals surface area contributed by atoms with Crippen LogP contribution in [0.1, 0.15) is 21.5 Å². The van der Waals surface area contributed by atoms with Crippen LogP contribution in [0.4, 0.5) is 5.69 Å². The molecule has 7 heteroatoms. The summed E-state index contributed by atoms with van der Waals surface area (Å²) in [6.07, 6.45) is 1.30. The highest BCUT2D eigenvalue weighted by Crippen LogP contribution is 2.31. The molecule has 2 rings (SSSR count). The third-order valence-corrected chi connectivity index (χ3v) is 2.89. The van der Waals surface area contributed by atoms with Gasteiger partial charge in [-0.25, -0.2) is 9.78 Å². The lowest BCUT2D eigenvalue weighted by molar-refractivity contribution is -0.385. The molecule has 0 aliphatic heterocycles. The summed E-state index contributed by atoms with van der Waals surface area (Å²) in [4.78, 5) is 25.2. The van der Waals surface area contributed by atoms with Crippen LogP contribution in [-0.4, -0.2) is 21.0 Å². The molecule has 7 nitrogen and oxygen atoms in total. The first-order valence-electron chi connectivity index (χ1n) is 6.01. The molecule has 0 unspecified atom stereocenters.